The van der Waals surface area contributed by atoms with E-state index >= 15 is 0 Å². The van der Waals surface area contributed by atoms with Crippen molar-refractivity contribution in [1.82, 2.24) is 4.90 Å². The standard InChI is InChI=1S/C30H34FNO2SeSi/c1-29(2,3)36(25-15-9-5-10-16-25,26-17-11-6-12-18-26)34-22-30-19-23(31)21-32(30)28(33)27(20-30)35-24-13-7-4-8-14-24/h4-18,23,27H,19-22H2,1-3H3/t23-,27?,30-/m1/s1. The second-order valence-corrected chi connectivity index (χ2v) is 18.0. The van der Waals surface area contributed by atoms with Crippen LogP contribution in [0, 0.1) is 0 Å². The summed E-state index contributed by atoms with van der Waals surface area (Å²) in [5.41, 5.74) is -0.579. The zero-order valence-electron chi connectivity index (χ0n) is 21.2. The molecule has 3 aromatic rings. The first-order valence-electron chi connectivity index (χ1n) is 12.7. The number of fused-ring (bicyclic) bond motifs is 1. The van der Waals surface area contributed by atoms with Gasteiger partial charge in [-0.25, -0.2) is 0 Å². The Morgan fingerprint density at radius 2 is 1.44 bits per heavy atom. The molecule has 36 heavy (non-hydrogen) atoms. The van der Waals surface area contributed by atoms with Gasteiger partial charge in [-0.15, -0.1) is 0 Å². The Hall–Kier alpha value is -2.24. The predicted octanol–water partition coefficient (Wildman–Crippen LogP) is 4.09. The summed E-state index contributed by atoms with van der Waals surface area (Å²) in [6.45, 7) is 7.31. The van der Waals surface area contributed by atoms with Gasteiger partial charge in [0.05, 0.1) is 0 Å². The molecular weight excluding hydrogens is 532 g/mol. The number of hydrogen-bond acceptors (Lipinski definition) is 2. The van der Waals surface area contributed by atoms with Crippen molar-refractivity contribution in [3.05, 3.63) is 91.0 Å². The molecule has 0 N–H and O–H groups in total. The van der Waals surface area contributed by atoms with Crippen molar-refractivity contribution >= 4 is 44.0 Å². The van der Waals surface area contributed by atoms with E-state index < -0.39 is 20.0 Å². The van der Waals surface area contributed by atoms with Gasteiger partial charge in [0.25, 0.3) is 0 Å². The molecule has 1 unspecified atom stereocenters. The molecule has 0 bridgehead atoms. The van der Waals surface area contributed by atoms with Crippen molar-refractivity contribution in [2.75, 3.05) is 13.2 Å². The van der Waals surface area contributed by atoms with Crippen LogP contribution in [0.4, 0.5) is 4.39 Å². The number of halogens is 1. The van der Waals surface area contributed by atoms with Crippen molar-refractivity contribution in [2.45, 2.75) is 55.2 Å². The monoisotopic (exact) mass is 567 g/mol. The number of carbonyl (C=O) groups excluding carboxylic acids is 1. The fourth-order valence-electron chi connectivity index (χ4n) is 6.06. The van der Waals surface area contributed by atoms with E-state index in [4.69, 9.17) is 4.43 Å². The van der Waals surface area contributed by atoms with Crippen LogP contribution < -0.4 is 14.8 Å². The number of amides is 1. The third-order valence-electron chi connectivity index (χ3n) is 7.66. The Bertz CT molecular complexity index is 1150. The van der Waals surface area contributed by atoms with Gasteiger partial charge in [-0.1, -0.05) is 0 Å². The normalized spacial score (nSPS) is 24.2. The van der Waals surface area contributed by atoms with Crippen LogP contribution >= 0.6 is 0 Å². The molecule has 3 nitrogen and oxygen atoms in total. The van der Waals surface area contributed by atoms with E-state index in [2.05, 4.69) is 81.4 Å². The minimum absolute atomic E-state index is 0.0128. The van der Waals surface area contributed by atoms with E-state index in [0.29, 0.717) is 19.4 Å². The molecule has 2 aliphatic heterocycles. The van der Waals surface area contributed by atoms with E-state index in [1.54, 1.807) is 0 Å². The fourth-order valence-corrected chi connectivity index (χ4v) is 13.4. The number of nitrogens with zero attached hydrogens (tertiary/aromatic N) is 1. The number of rotatable bonds is 7. The first-order valence-corrected chi connectivity index (χ1v) is 16.4. The van der Waals surface area contributed by atoms with E-state index in [0.717, 1.165) is 0 Å². The van der Waals surface area contributed by atoms with Crippen LogP contribution in [0.1, 0.15) is 33.6 Å². The summed E-state index contributed by atoms with van der Waals surface area (Å²) in [6, 6.07) is 31.3. The predicted molar refractivity (Wildman–Crippen MR) is 148 cm³/mol. The van der Waals surface area contributed by atoms with Gasteiger partial charge in [0.15, 0.2) is 0 Å². The van der Waals surface area contributed by atoms with E-state index in [1.165, 1.54) is 14.8 Å². The van der Waals surface area contributed by atoms with Gasteiger partial charge in [0, 0.05) is 0 Å². The molecule has 2 aliphatic rings. The summed E-state index contributed by atoms with van der Waals surface area (Å²) in [5.74, 6) is 0.102. The average molecular weight is 567 g/mol. The average Bonchev–Trinajstić information content (AvgIpc) is 3.32. The van der Waals surface area contributed by atoms with Crippen molar-refractivity contribution in [1.29, 1.82) is 0 Å². The SMILES string of the molecule is CC(C)(C)[Si](OC[C@@]12CC([Se]c3ccccc3)C(=O)N1C[C@H](F)C2)(c1ccccc1)c1ccccc1. The maximum absolute atomic E-state index is 14.9. The summed E-state index contributed by atoms with van der Waals surface area (Å²) in [5, 5.41) is 2.24. The summed E-state index contributed by atoms with van der Waals surface area (Å²) in [6.07, 6.45) is 0.0272. The van der Waals surface area contributed by atoms with Crippen LogP contribution in [-0.4, -0.2) is 58.9 Å². The van der Waals surface area contributed by atoms with Crippen molar-refractivity contribution in [3.63, 3.8) is 0 Å². The van der Waals surface area contributed by atoms with Crippen LogP contribution in [0.25, 0.3) is 0 Å². The van der Waals surface area contributed by atoms with Crippen molar-refractivity contribution in [2.24, 2.45) is 0 Å². The Kier molecular flexibility index (Phi) is 6.99. The van der Waals surface area contributed by atoms with Crippen molar-refractivity contribution < 1.29 is 13.6 Å². The van der Waals surface area contributed by atoms with E-state index in [-0.39, 0.29) is 37.3 Å². The van der Waals surface area contributed by atoms with Crippen LogP contribution in [0.15, 0.2) is 91.0 Å². The third-order valence-corrected chi connectivity index (χ3v) is 15.2. The van der Waals surface area contributed by atoms with Gasteiger partial charge in [-0.05, 0) is 0 Å². The van der Waals surface area contributed by atoms with E-state index in [9.17, 15) is 9.18 Å². The molecule has 0 aromatic heterocycles. The molecule has 0 radical (unpaired) electrons. The first-order chi connectivity index (χ1) is 17.3. The molecule has 3 aromatic carbocycles. The minimum atomic E-state index is -2.78. The molecule has 6 heteroatoms. The van der Waals surface area contributed by atoms with Gasteiger partial charge < -0.3 is 0 Å². The molecule has 2 heterocycles. The van der Waals surface area contributed by atoms with Gasteiger partial charge in [-0.3, -0.25) is 0 Å². The molecule has 0 saturated carbocycles. The molecule has 0 spiro atoms. The molecular formula is C30H34FNO2SeSi. The Morgan fingerprint density at radius 1 is 0.917 bits per heavy atom. The summed E-state index contributed by atoms with van der Waals surface area (Å²) < 4.78 is 23.3. The van der Waals surface area contributed by atoms with Gasteiger partial charge in [0.2, 0.25) is 0 Å². The molecule has 0 aliphatic carbocycles. The summed E-state index contributed by atoms with van der Waals surface area (Å²) in [7, 11) is -2.78. The van der Waals surface area contributed by atoms with E-state index in [1.807, 2.05) is 35.2 Å². The van der Waals surface area contributed by atoms with Crippen LogP contribution in [-0.2, 0) is 9.22 Å². The van der Waals surface area contributed by atoms with Crippen LogP contribution in [0.3, 0.4) is 0 Å². The van der Waals surface area contributed by atoms with Crippen LogP contribution in [0.5, 0.6) is 0 Å². The van der Waals surface area contributed by atoms with Gasteiger partial charge >= 0.3 is 222 Å². The molecule has 188 valence electrons. The van der Waals surface area contributed by atoms with Gasteiger partial charge in [0.1, 0.15) is 0 Å². The zero-order valence-corrected chi connectivity index (χ0v) is 23.9. The zero-order chi connectivity index (χ0) is 25.4. The second kappa shape index (κ2) is 9.90. The molecule has 2 fully saturated rings. The quantitative estimate of drug-likeness (QED) is 0.404. The molecule has 1 amide bonds. The summed E-state index contributed by atoms with van der Waals surface area (Å²) in [4.78, 5) is 15.3. The topological polar surface area (TPSA) is 29.5 Å². The Morgan fingerprint density at radius 3 is 1.97 bits per heavy atom. The van der Waals surface area contributed by atoms with Gasteiger partial charge in [-0.2, -0.15) is 0 Å². The molecule has 5 rings (SSSR count). The summed E-state index contributed by atoms with van der Waals surface area (Å²) >= 11 is 0.0128. The fraction of sp³-hybridized carbons (Fsp3) is 0.367. The third kappa shape index (κ3) is 4.49. The molecule has 3 atom stereocenters. The maximum atomic E-state index is 14.9. The second-order valence-electron chi connectivity index (χ2n) is 11.1. The van der Waals surface area contributed by atoms with Crippen LogP contribution in [0.2, 0.25) is 9.85 Å². The number of hydrogen-bond donors (Lipinski definition) is 0. The Labute approximate surface area is 221 Å². The Balaban J connectivity index is 1.51. The molecule has 2 saturated heterocycles. The number of alkyl halides is 1. The number of benzene rings is 3. The van der Waals surface area contributed by atoms with Crippen molar-refractivity contribution in [3.8, 4) is 0 Å². The number of carbonyl (C=O) groups is 1. The first kappa shape index (κ1) is 25.4.